The summed E-state index contributed by atoms with van der Waals surface area (Å²) < 4.78 is 42.2. The zero-order valence-electron chi connectivity index (χ0n) is 15.1. The maximum absolute atomic E-state index is 13.5. The van der Waals surface area contributed by atoms with E-state index in [4.69, 9.17) is 0 Å². The molecule has 3 heterocycles. The summed E-state index contributed by atoms with van der Waals surface area (Å²) in [5.41, 5.74) is 4.16. The number of benzene rings is 1. The molecular weight excluding hydrogens is 403 g/mol. The van der Waals surface area contributed by atoms with Gasteiger partial charge in [0.2, 0.25) is 0 Å². The van der Waals surface area contributed by atoms with Crippen LogP contribution in [0.25, 0.3) is 11.3 Å². The van der Waals surface area contributed by atoms with Crippen LogP contribution >= 0.6 is 11.3 Å². The molecule has 10 heteroatoms. The van der Waals surface area contributed by atoms with Gasteiger partial charge < -0.3 is 10.2 Å². The summed E-state index contributed by atoms with van der Waals surface area (Å²) in [6.07, 6.45) is 4.42. The van der Waals surface area contributed by atoms with Gasteiger partial charge in [0.05, 0.1) is 41.7 Å². The van der Waals surface area contributed by atoms with Crippen molar-refractivity contribution in [2.45, 2.75) is 37.9 Å². The van der Waals surface area contributed by atoms with E-state index >= 15 is 0 Å². The number of nitrogens with zero attached hydrogens (tertiary/aromatic N) is 4. The van der Waals surface area contributed by atoms with Crippen molar-refractivity contribution >= 4 is 23.1 Å². The van der Waals surface area contributed by atoms with Crippen molar-refractivity contribution < 1.29 is 18.0 Å². The summed E-state index contributed by atoms with van der Waals surface area (Å²) in [6.45, 7) is 0.298. The summed E-state index contributed by atoms with van der Waals surface area (Å²) in [5, 5.41) is 8.98. The zero-order chi connectivity index (χ0) is 20.1. The van der Waals surface area contributed by atoms with E-state index in [0.717, 1.165) is 48.3 Å². The number of thiazole rings is 1. The normalized spacial score (nSPS) is 20.4. The van der Waals surface area contributed by atoms with Gasteiger partial charge in [0.25, 0.3) is 0 Å². The van der Waals surface area contributed by atoms with Crippen LogP contribution in [0.2, 0.25) is 0 Å². The molecule has 1 aromatic carbocycles. The summed E-state index contributed by atoms with van der Waals surface area (Å²) >= 11 is 1.48. The van der Waals surface area contributed by atoms with E-state index in [2.05, 4.69) is 15.4 Å². The van der Waals surface area contributed by atoms with Gasteiger partial charge in [-0.05, 0) is 19.3 Å². The molecule has 6 nitrogen and oxygen atoms in total. The number of aromatic nitrogens is 3. The molecule has 2 aliphatic rings. The van der Waals surface area contributed by atoms with Crippen molar-refractivity contribution in [3.8, 4) is 11.3 Å². The summed E-state index contributed by atoms with van der Waals surface area (Å²) in [7, 11) is 0. The van der Waals surface area contributed by atoms with E-state index in [9.17, 15) is 18.0 Å². The molecule has 1 aliphatic heterocycles. The summed E-state index contributed by atoms with van der Waals surface area (Å²) in [5.74, 6) is -4.25. The number of hydrogen-bond donors (Lipinski definition) is 1. The van der Waals surface area contributed by atoms with Crippen LogP contribution in [0.4, 0.5) is 23.7 Å². The Bertz CT molecular complexity index is 1060. The predicted molar refractivity (Wildman–Crippen MR) is 101 cm³/mol. The van der Waals surface area contributed by atoms with Gasteiger partial charge in [0.15, 0.2) is 17.5 Å². The molecule has 1 N–H and O–H groups in total. The van der Waals surface area contributed by atoms with E-state index in [1.807, 2.05) is 10.1 Å². The lowest BCUT2D eigenvalue weighted by atomic mass is 10.0. The zero-order valence-corrected chi connectivity index (χ0v) is 15.9. The number of carbonyl (C=O) groups excluding carboxylic acids is 1. The number of hydrogen-bond acceptors (Lipinski definition) is 4. The summed E-state index contributed by atoms with van der Waals surface area (Å²) in [4.78, 5) is 19.0. The molecule has 29 heavy (non-hydrogen) atoms. The second kappa shape index (κ2) is 6.87. The van der Waals surface area contributed by atoms with Gasteiger partial charge in [-0.3, -0.25) is 4.68 Å². The Labute approximate surface area is 168 Å². The molecule has 2 amide bonds. The second-order valence-electron chi connectivity index (χ2n) is 7.20. The Morgan fingerprint density at radius 3 is 2.66 bits per heavy atom. The number of carbonyl (C=O) groups is 1. The maximum Gasteiger partial charge on any atom is 0.322 e. The van der Waals surface area contributed by atoms with Crippen molar-refractivity contribution in [1.82, 2.24) is 19.7 Å². The minimum absolute atomic E-state index is 0.0403. The molecule has 0 spiro atoms. The largest absolute Gasteiger partial charge is 0.322 e. The quantitative estimate of drug-likeness (QED) is 0.619. The highest BCUT2D eigenvalue weighted by atomic mass is 32.1. The Morgan fingerprint density at radius 2 is 1.93 bits per heavy atom. The third kappa shape index (κ3) is 2.98. The molecule has 0 saturated heterocycles. The molecule has 3 aromatic rings. The number of urea groups is 1. The lowest BCUT2D eigenvalue weighted by molar-refractivity contribution is 0.139. The maximum atomic E-state index is 13.5. The molecule has 1 aliphatic carbocycles. The number of nitrogens with one attached hydrogen (secondary N) is 1. The van der Waals surface area contributed by atoms with Crippen LogP contribution in [0.1, 0.15) is 31.0 Å². The topological polar surface area (TPSA) is 63.1 Å². The van der Waals surface area contributed by atoms with Crippen LogP contribution in [-0.2, 0) is 6.54 Å². The van der Waals surface area contributed by atoms with Crippen LogP contribution in [0.3, 0.4) is 0 Å². The van der Waals surface area contributed by atoms with E-state index in [0.29, 0.717) is 6.54 Å². The van der Waals surface area contributed by atoms with Crippen molar-refractivity contribution in [2.75, 3.05) is 5.32 Å². The van der Waals surface area contributed by atoms with Gasteiger partial charge in [-0.1, -0.05) is 0 Å². The molecule has 150 valence electrons. The fourth-order valence-electron chi connectivity index (χ4n) is 4.28. The SMILES string of the molecule is O=C(Nc1cc(F)c(F)c(F)c1)N1Cc2c(-c3cscn3)cnn2[C@@H]2CCC[C@@H]21. The first-order valence-electron chi connectivity index (χ1n) is 9.20. The third-order valence-electron chi connectivity index (χ3n) is 5.58. The molecule has 2 atom stereocenters. The standard InChI is InChI=1S/C19H16F3N5OS/c20-12-4-10(5-13(21)18(12)22)25-19(28)26-7-17-11(14-8-29-9-23-14)6-24-27(17)16-3-1-2-15(16)26/h4-6,8-9,15-16H,1-3,7H2,(H,25,28)/t15-,16+/m0/s1. The first kappa shape index (κ1) is 18.2. The van der Waals surface area contributed by atoms with E-state index in [1.165, 1.54) is 11.3 Å². The average Bonchev–Trinajstić information content (AvgIpc) is 3.43. The lowest BCUT2D eigenvalue weighted by Crippen LogP contribution is -2.48. The predicted octanol–water partition coefficient (Wildman–Crippen LogP) is 4.57. The monoisotopic (exact) mass is 419 g/mol. The van der Waals surface area contributed by atoms with Crippen LogP contribution in [-0.4, -0.2) is 31.7 Å². The fraction of sp³-hybridized carbons (Fsp3) is 0.316. The third-order valence-corrected chi connectivity index (χ3v) is 6.17. The van der Waals surface area contributed by atoms with Gasteiger partial charge in [-0.2, -0.15) is 5.10 Å². The number of rotatable bonds is 2. The van der Waals surface area contributed by atoms with E-state index < -0.39 is 23.5 Å². The smallest absolute Gasteiger partial charge is 0.313 e. The molecule has 0 bridgehead atoms. The van der Waals surface area contributed by atoms with Gasteiger partial charge in [-0.15, -0.1) is 11.3 Å². The van der Waals surface area contributed by atoms with Crippen LogP contribution in [0.5, 0.6) is 0 Å². The number of anilines is 1. The number of amides is 2. The molecule has 1 fully saturated rings. The van der Waals surface area contributed by atoms with Gasteiger partial charge in [-0.25, -0.2) is 22.9 Å². The Kier molecular flexibility index (Phi) is 4.30. The van der Waals surface area contributed by atoms with Crippen LogP contribution < -0.4 is 5.32 Å². The minimum Gasteiger partial charge on any atom is -0.313 e. The van der Waals surface area contributed by atoms with Crippen LogP contribution in [0, 0.1) is 17.5 Å². The van der Waals surface area contributed by atoms with E-state index in [-0.39, 0.29) is 17.8 Å². The van der Waals surface area contributed by atoms with Crippen molar-refractivity contribution in [3.05, 3.63) is 52.4 Å². The minimum atomic E-state index is -1.56. The fourth-order valence-corrected chi connectivity index (χ4v) is 4.84. The van der Waals surface area contributed by atoms with E-state index in [1.54, 1.807) is 16.6 Å². The summed E-state index contributed by atoms with van der Waals surface area (Å²) in [6, 6.07) is 1.04. The molecule has 0 unspecified atom stereocenters. The number of fused-ring (bicyclic) bond motifs is 3. The highest BCUT2D eigenvalue weighted by Crippen LogP contribution is 2.41. The molecular formula is C19H16F3N5OS. The highest BCUT2D eigenvalue weighted by molar-refractivity contribution is 7.07. The number of halogens is 3. The Hall–Kier alpha value is -2.88. The first-order valence-corrected chi connectivity index (χ1v) is 10.1. The second-order valence-corrected chi connectivity index (χ2v) is 7.92. The molecule has 5 rings (SSSR count). The van der Waals surface area contributed by atoms with Crippen molar-refractivity contribution in [2.24, 2.45) is 0 Å². The van der Waals surface area contributed by atoms with Crippen molar-refractivity contribution in [3.63, 3.8) is 0 Å². The van der Waals surface area contributed by atoms with Crippen molar-refractivity contribution in [1.29, 1.82) is 0 Å². The van der Waals surface area contributed by atoms with Gasteiger partial charge in [0.1, 0.15) is 0 Å². The molecule has 0 radical (unpaired) electrons. The molecule has 1 saturated carbocycles. The Morgan fingerprint density at radius 1 is 1.17 bits per heavy atom. The van der Waals surface area contributed by atoms with Gasteiger partial charge >= 0.3 is 6.03 Å². The van der Waals surface area contributed by atoms with Gasteiger partial charge in [0, 0.05) is 28.8 Å². The van der Waals surface area contributed by atoms with Crippen LogP contribution in [0.15, 0.2) is 29.2 Å². The lowest BCUT2D eigenvalue weighted by Gasteiger charge is -2.38. The molecule has 2 aromatic heterocycles. The Balaban J connectivity index is 1.47. The average molecular weight is 419 g/mol. The first-order chi connectivity index (χ1) is 14.0. The highest BCUT2D eigenvalue weighted by Gasteiger charge is 2.42.